The molecule has 0 aliphatic heterocycles. The Morgan fingerprint density at radius 3 is 2.74 bits per heavy atom. The number of imidazole rings is 1. The number of rotatable bonds is 7. The van der Waals surface area contributed by atoms with Crippen molar-refractivity contribution < 1.29 is 18.3 Å². The maximum absolute atomic E-state index is 13.1. The Morgan fingerprint density at radius 1 is 1.20 bits per heavy atom. The van der Waals surface area contributed by atoms with E-state index in [-0.39, 0.29) is 17.9 Å². The number of esters is 1. The van der Waals surface area contributed by atoms with Crippen LogP contribution in [0.15, 0.2) is 30.6 Å². The maximum Gasteiger partial charge on any atom is 0.308 e. The van der Waals surface area contributed by atoms with Crippen LogP contribution in [0.1, 0.15) is 38.4 Å². The molecule has 4 heterocycles. The van der Waals surface area contributed by atoms with Crippen molar-refractivity contribution in [3.05, 3.63) is 36.4 Å². The number of carbonyl (C=O) groups excluding carboxylic acids is 1. The highest BCUT2D eigenvalue weighted by molar-refractivity contribution is 5.82. The van der Waals surface area contributed by atoms with Gasteiger partial charge in [-0.1, -0.05) is 0 Å². The van der Waals surface area contributed by atoms with Gasteiger partial charge in [-0.2, -0.15) is 0 Å². The Labute approximate surface area is 200 Å². The van der Waals surface area contributed by atoms with E-state index in [4.69, 9.17) is 4.74 Å². The summed E-state index contributed by atoms with van der Waals surface area (Å²) in [7, 11) is 0. The Hall–Kier alpha value is -3.63. The first-order valence-electron chi connectivity index (χ1n) is 11.8. The number of halogens is 2. The topological polar surface area (TPSA) is 99.2 Å². The number of hydrogen-bond acceptors (Lipinski definition) is 7. The molecule has 11 heteroatoms. The minimum atomic E-state index is -2.49. The van der Waals surface area contributed by atoms with E-state index in [0.717, 1.165) is 36.8 Å². The van der Waals surface area contributed by atoms with Crippen LogP contribution in [-0.2, 0) is 16.1 Å². The molecule has 4 aromatic heterocycles. The van der Waals surface area contributed by atoms with Crippen molar-refractivity contribution in [2.45, 2.75) is 58.5 Å². The number of alkyl halides is 2. The van der Waals surface area contributed by atoms with Crippen molar-refractivity contribution in [3.63, 3.8) is 0 Å². The second-order valence-corrected chi connectivity index (χ2v) is 8.79. The molecule has 0 bridgehead atoms. The number of nitrogens with one attached hydrogen (secondary N) is 1. The third-order valence-electron chi connectivity index (χ3n) is 6.48. The molecule has 0 saturated heterocycles. The Morgan fingerprint density at radius 2 is 2.00 bits per heavy atom. The molecule has 35 heavy (non-hydrogen) atoms. The standard InChI is InChI=1S/C24H27F2N7O2/c1-3-35-23(34)15-4-6-16(7-5-15)29-24-27-12-20-17(10-11-33(20)31-24)18-8-9-19-22(30-18)32(13-21(25)26)14(2)28-19/h8-12,15-16,21H,3-7,13H2,1-2H3,(H,29,31)/t15-,16+. The number of pyridine rings is 1. The van der Waals surface area contributed by atoms with Crippen molar-refractivity contribution >= 4 is 28.6 Å². The van der Waals surface area contributed by atoms with Crippen LogP contribution in [0.4, 0.5) is 14.7 Å². The normalized spacial score (nSPS) is 18.4. The highest BCUT2D eigenvalue weighted by Crippen LogP contribution is 2.29. The lowest BCUT2D eigenvalue weighted by molar-refractivity contribution is -0.149. The molecule has 0 spiro atoms. The monoisotopic (exact) mass is 483 g/mol. The highest BCUT2D eigenvalue weighted by atomic mass is 19.3. The molecule has 0 unspecified atom stereocenters. The van der Waals surface area contributed by atoms with Crippen LogP contribution in [0.2, 0.25) is 0 Å². The predicted octanol–water partition coefficient (Wildman–Crippen LogP) is 4.25. The number of anilines is 1. The molecule has 0 atom stereocenters. The van der Waals surface area contributed by atoms with Gasteiger partial charge in [0, 0.05) is 17.8 Å². The summed E-state index contributed by atoms with van der Waals surface area (Å²) < 4.78 is 34.4. The van der Waals surface area contributed by atoms with Crippen molar-refractivity contribution in [2.24, 2.45) is 5.92 Å². The van der Waals surface area contributed by atoms with Gasteiger partial charge in [-0.15, -0.1) is 5.10 Å². The molecule has 1 saturated carbocycles. The second kappa shape index (κ2) is 9.55. The summed E-state index contributed by atoms with van der Waals surface area (Å²) in [5.41, 5.74) is 3.20. The highest BCUT2D eigenvalue weighted by Gasteiger charge is 2.27. The molecule has 0 radical (unpaired) electrons. The fourth-order valence-corrected chi connectivity index (χ4v) is 4.72. The fourth-order valence-electron chi connectivity index (χ4n) is 4.72. The van der Waals surface area contributed by atoms with Gasteiger partial charge >= 0.3 is 5.97 Å². The summed E-state index contributed by atoms with van der Waals surface area (Å²) >= 11 is 0. The molecule has 5 rings (SSSR count). The van der Waals surface area contributed by atoms with Gasteiger partial charge in [-0.05, 0) is 57.7 Å². The number of aryl methyl sites for hydroxylation is 1. The first-order valence-corrected chi connectivity index (χ1v) is 11.8. The SMILES string of the molecule is CCOC(=O)[C@H]1CC[C@@H](Nc2ncc3c(-c4ccc5nc(C)n(CC(F)F)c5n4)ccn3n2)CC1. The summed E-state index contributed by atoms with van der Waals surface area (Å²) in [6, 6.07) is 5.69. The third-order valence-corrected chi connectivity index (χ3v) is 6.48. The molecular weight excluding hydrogens is 456 g/mol. The van der Waals surface area contributed by atoms with Gasteiger partial charge in [0.25, 0.3) is 6.43 Å². The van der Waals surface area contributed by atoms with Crippen LogP contribution < -0.4 is 5.32 Å². The number of hydrogen-bond donors (Lipinski definition) is 1. The largest absolute Gasteiger partial charge is 0.466 e. The predicted molar refractivity (Wildman–Crippen MR) is 126 cm³/mol. The molecule has 1 N–H and O–H groups in total. The van der Waals surface area contributed by atoms with Crippen molar-refractivity contribution in [2.75, 3.05) is 11.9 Å². The zero-order valence-electron chi connectivity index (χ0n) is 19.6. The Kier molecular flexibility index (Phi) is 6.31. The van der Waals surface area contributed by atoms with Crippen LogP contribution in [0.5, 0.6) is 0 Å². The van der Waals surface area contributed by atoms with Crippen molar-refractivity contribution in [3.8, 4) is 11.3 Å². The zero-order chi connectivity index (χ0) is 24.5. The van der Waals surface area contributed by atoms with Crippen LogP contribution in [0, 0.1) is 12.8 Å². The molecule has 1 fully saturated rings. The summed E-state index contributed by atoms with van der Waals surface area (Å²) in [6.07, 6.45) is 4.30. The average Bonchev–Trinajstić information content (AvgIpc) is 3.39. The summed E-state index contributed by atoms with van der Waals surface area (Å²) in [5.74, 6) is 0.868. The van der Waals surface area contributed by atoms with Gasteiger partial charge in [-0.25, -0.2) is 28.2 Å². The van der Waals surface area contributed by atoms with Crippen LogP contribution in [-0.4, -0.2) is 54.2 Å². The minimum absolute atomic E-state index is 0.0333. The van der Waals surface area contributed by atoms with E-state index < -0.39 is 13.0 Å². The molecular formula is C24H27F2N7O2. The van der Waals surface area contributed by atoms with Crippen LogP contribution in [0.3, 0.4) is 0 Å². The number of ether oxygens (including phenoxy) is 1. The van der Waals surface area contributed by atoms with Crippen molar-refractivity contribution in [1.82, 2.24) is 29.1 Å². The second-order valence-electron chi connectivity index (χ2n) is 8.79. The molecule has 0 amide bonds. The average molecular weight is 484 g/mol. The maximum atomic E-state index is 13.1. The quantitative estimate of drug-likeness (QED) is 0.392. The molecule has 4 aromatic rings. The number of nitrogens with zero attached hydrogens (tertiary/aromatic N) is 6. The Balaban J connectivity index is 1.34. The summed E-state index contributed by atoms with van der Waals surface area (Å²) in [6.45, 7) is 3.48. The van der Waals surface area contributed by atoms with E-state index >= 15 is 0 Å². The zero-order valence-corrected chi connectivity index (χ0v) is 19.6. The van der Waals surface area contributed by atoms with E-state index in [2.05, 4.69) is 25.4 Å². The van der Waals surface area contributed by atoms with Crippen LogP contribution >= 0.6 is 0 Å². The molecule has 184 valence electrons. The van der Waals surface area contributed by atoms with E-state index in [0.29, 0.717) is 35.2 Å². The molecule has 1 aliphatic rings. The van der Waals surface area contributed by atoms with E-state index in [1.165, 1.54) is 4.57 Å². The van der Waals surface area contributed by atoms with Gasteiger partial charge in [0.2, 0.25) is 5.95 Å². The molecule has 0 aromatic carbocycles. The number of aromatic nitrogens is 6. The van der Waals surface area contributed by atoms with Crippen LogP contribution in [0.25, 0.3) is 27.9 Å². The van der Waals surface area contributed by atoms with Gasteiger partial charge < -0.3 is 14.6 Å². The lowest BCUT2D eigenvalue weighted by atomic mass is 9.86. The summed E-state index contributed by atoms with van der Waals surface area (Å²) in [5, 5.41) is 7.95. The number of fused-ring (bicyclic) bond motifs is 2. The van der Waals surface area contributed by atoms with Gasteiger partial charge in [0.1, 0.15) is 11.3 Å². The first-order chi connectivity index (χ1) is 16.9. The third kappa shape index (κ3) is 4.67. The smallest absolute Gasteiger partial charge is 0.308 e. The first kappa shape index (κ1) is 23.1. The van der Waals surface area contributed by atoms with Gasteiger partial charge in [-0.3, -0.25) is 4.79 Å². The molecule has 9 nitrogen and oxygen atoms in total. The fraction of sp³-hybridized carbons (Fsp3) is 0.458. The van der Waals surface area contributed by atoms with Gasteiger partial charge in [0.15, 0.2) is 5.65 Å². The summed E-state index contributed by atoms with van der Waals surface area (Å²) in [4.78, 5) is 25.4. The lowest BCUT2D eigenvalue weighted by Crippen LogP contribution is -2.31. The lowest BCUT2D eigenvalue weighted by Gasteiger charge is -2.27. The van der Waals surface area contributed by atoms with Gasteiger partial charge in [0.05, 0.1) is 36.5 Å². The van der Waals surface area contributed by atoms with Crippen molar-refractivity contribution in [1.29, 1.82) is 0 Å². The number of carbonyl (C=O) groups is 1. The Bertz CT molecular complexity index is 1360. The molecule has 1 aliphatic carbocycles. The van der Waals surface area contributed by atoms with E-state index in [1.807, 2.05) is 25.3 Å². The van der Waals surface area contributed by atoms with E-state index in [9.17, 15) is 13.6 Å². The minimum Gasteiger partial charge on any atom is -0.466 e. The van der Waals surface area contributed by atoms with E-state index in [1.54, 1.807) is 23.7 Å².